The largest absolute Gasteiger partial charge is 0.457 e. The van der Waals surface area contributed by atoms with Crippen LogP contribution in [0.5, 0.6) is 0 Å². The van der Waals surface area contributed by atoms with Crippen LogP contribution in [0.1, 0.15) is 21.7 Å². The van der Waals surface area contributed by atoms with Crippen LogP contribution in [0.25, 0.3) is 28.7 Å². The molecular weight excluding hydrogens is 687 g/mol. The molecule has 0 spiro atoms. The van der Waals surface area contributed by atoms with Gasteiger partial charge in [-0.05, 0) is 67.6 Å². The molecule has 6 rings (SSSR count). The minimum atomic E-state index is -0.552. The predicted octanol–water partition coefficient (Wildman–Crippen LogP) is 8.43. The number of hydrogen-bond acceptors (Lipinski definition) is 9. The van der Waals surface area contributed by atoms with Crippen LogP contribution >= 0.6 is 23.1 Å². The number of nitrogens with zero attached hydrogens (tertiary/aromatic N) is 2. The zero-order chi connectivity index (χ0) is 35.7. The number of rotatable bonds is 12. The molecule has 0 radical (unpaired) electrons. The quantitative estimate of drug-likeness (QED) is 0.0493. The highest BCUT2D eigenvalue weighted by atomic mass is 32.2. The van der Waals surface area contributed by atoms with Crippen molar-refractivity contribution < 1.29 is 23.7 Å². The Morgan fingerprint density at radius 1 is 0.863 bits per heavy atom. The molecule has 0 fully saturated rings. The van der Waals surface area contributed by atoms with Gasteiger partial charge >= 0.3 is 0 Å². The first-order valence-electron chi connectivity index (χ1n) is 15.5. The number of anilines is 2. The summed E-state index contributed by atoms with van der Waals surface area (Å²) in [6, 6.07) is 33.0. The van der Waals surface area contributed by atoms with Crippen LogP contribution in [0.4, 0.5) is 16.5 Å². The Labute approximate surface area is 300 Å². The molecule has 6 aromatic rings. The fraction of sp³-hybridized carbons (Fsp3) is 0.0526. The zero-order valence-electron chi connectivity index (χ0n) is 27.0. The van der Waals surface area contributed by atoms with E-state index in [1.807, 2.05) is 31.2 Å². The van der Waals surface area contributed by atoms with Gasteiger partial charge in [0.1, 0.15) is 17.2 Å². The van der Waals surface area contributed by atoms with Crippen LogP contribution in [0.2, 0.25) is 0 Å². The lowest BCUT2D eigenvalue weighted by molar-refractivity contribution is -0.384. The standard InChI is InChI=1S/C38H29N5O6S2/c1-24-7-9-26(10-8-24)34-20-17-30(49-34)21-32(40-36(45)27-5-3-2-4-6-27)37(46)39-28-13-18-31(19-14-28)50-23-35(44)42-38-41-33(22-51-38)25-11-15-29(16-12-25)43(47)48/h2-22H,23H2,1H3,(H,39,46)(H,40,45)(H,41,42,44). The summed E-state index contributed by atoms with van der Waals surface area (Å²) in [5.41, 5.74) is 4.15. The number of hydrogen-bond donors (Lipinski definition) is 3. The van der Waals surface area contributed by atoms with E-state index in [2.05, 4.69) is 20.9 Å². The number of non-ortho nitro benzene ring substituents is 1. The summed E-state index contributed by atoms with van der Waals surface area (Å²) in [7, 11) is 0. The van der Waals surface area contributed by atoms with Gasteiger partial charge in [-0.2, -0.15) is 0 Å². The van der Waals surface area contributed by atoms with Gasteiger partial charge in [0.05, 0.1) is 16.4 Å². The lowest BCUT2D eigenvalue weighted by Crippen LogP contribution is -2.30. The molecule has 13 heteroatoms. The molecule has 3 N–H and O–H groups in total. The number of nitrogens with one attached hydrogen (secondary N) is 3. The third-order valence-corrected chi connectivity index (χ3v) is 9.15. The number of thioether (sulfide) groups is 1. The number of carbonyl (C=O) groups excluding carboxylic acids is 3. The summed E-state index contributed by atoms with van der Waals surface area (Å²) in [6.07, 6.45) is 1.48. The summed E-state index contributed by atoms with van der Waals surface area (Å²) >= 11 is 2.56. The number of benzene rings is 4. The Kier molecular flexibility index (Phi) is 10.8. The maximum absolute atomic E-state index is 13.5. The molecule has 2 heterocycles. The number of aryl methyl sites for hydroxylation is 1. The number of amides is 3. The van der Waals surface area contributed by atoms with E-state index in [1.165, 1.54) is 41.3 Å². The second-order valence-electron chi connectivity index (χ2n) is 11.1. The molecule has 4 aromatic carbocycles. The zero-order valence-corrected chi connectivity index (χ0v) is 28.6. The molecule has 11 nitrogen and oxygen atoms in total. The lowest BCUT2D eigenvalue weighted by atomic mass is 10.1. The minimum absolute atomic E-state index is 0.0114. The molecule has 0 aliphatic carbocycles. The Bertz CT molecular complexity index is 2210. The van der Waals surface area contributed by atoms with Gasteiger partial charge in [0.2, 0.25) is 5.91 Å². The first-order chi connectivity index (χ1) is 24.7. The molecule has 0 aliphatic rings. The molecular formula is C38H29N5O6S2. The number of furan rings is 1. The van der Waals surface area contributed by atoms with Gasteiger partial charge in [-0.1, -0.05) is 48.0 Å². The first kappa shape index (κ1) is 34.5. The summed E-state index contributed by atoms with van der Waals surface area (Å²) in [5, 5.41) is 21.4. The molecule has 254 valence electrons. The second-order valence-corrected chi connectivity index (χ2v) is 13.0. The van der Waals surface area contributed by atoms with E-state index < -0.39 is 16.7 Å². The summed E-state index contributed by atoms with van der Waals surface area (Å²) < 4.78 is 5.99. The molecule has 0 aliphatic heterocycles. The monoisotopic (exact) mass is 715 g/mol. The van der Waals surface area contributed by atoms with E-state index in [0.717, 1.165) is 16.0 Å². The van der Waals surface area contributed by atoms with Gasteiger partial charge < -0.3 is 20.4 Å². The van der Waals surface area contributed by atoms with Gasteiger partial charge in [-0.3, -0.25) is 24.5 Å². The number of thiazole rings is 1. The summed E-state index contributed by atoms with van der Waals surface area (Å²) in [4.78, 5) is 54.8. The van der Waals surface area contributed by atoms with Crippen LogP contribution in [0.15, 0.2) is 136 Å². The van der Waals surface area contributed by atoms with E-state index in [1.54, 1.807) is 84.2 Å². The molecule has 51 heavy (non-hydrogen) atoms. The van der Waals surface area contributed by atoms with Crippen molar-refractivity contribution in [1.82, 2.24) is 10.3 Å². The van der Waals surface area contributed by atoms with Crippen molar-refractivity contribution in [2.75, 3.05) is 16.4 Å². The van der Waals surface area contributed by atoms with E-state index in [9.17, 15) is 24.5 Å². The van der Waals surface area contributed by atoms with Crippen LogP contribution in [-0.2, 0) is 9.59 Å². The number of carbonyl (C=O) groups is 3. The average Bonchev–Trinajstić information content (AvgIpc) is 3.82. The van der Waals surface area contributed by atoms with E-state index in [4.69, 9.17) is 4.42 Å². The highest BCUT2D eigenvalue weighted by molar-refractivity contribution is 8.00. The van der Waals surface area contributed by atoms with E-state index in [-0.39, 0.29) is 23.0 Å². The molecule has 0 saturated carbocycles. The van der Waals surface area contributed by atoms with Gasteiger partial charge in [0.15, 0.2) is 5.13 Å². The van der Waals surface area contributed by atoms with Crippen molar-refractivity contribution in [2.45, 2.75) is 11.8 Å². The normalized spacial score (nSPS) is 11.1. The van der Waals surface area contributed by atoms with E-state index >= 15 is 0 Å². The molecule has 3 amide bonds. The summed E-state index contributed by atoms with van der Waals surface area (Å²) in [6.45, 7) is 2.00. The van der Waals surface area contributed by atoms with Gasteiger partial charge in [0.25, 0.3) is 17.5 Å². The van der Waals surface area contributed by atoms with Crippen molar-refractivity contribution in [3.63, 3.8) is 0 Å². The van der Waals surface area contributed by atoms with Gasteiger partial charge in [-0.25, -0.2) is 4.98 Å². The van der Waals surface area contributed by atoms with Gasteiger partial charge in [0, 0.05) is 50.9 Å². The fourth-order valence-corrected chi connectivity index (χ4v) is 6.18. The highest BCUT2D eigenvalue weighted by Gasteiger charge is 2.17. The Hall–Kier alpha value is -6.31. The fourth-order valence-electron chi connectivity index (χ4n) is 4.74. The van der Waals surface area contributed by atoms with Crippen molar-refractivity contribution in [2.24, 2.45) is 0 Å². The topological polar surface area (TPSA) is 156 Å². The van der Waals surface area contributed by atoms with Crippen LogP contribution in [0.3, 0.4) is 0 Å². The van der Waals surface area contributed by atoms with Crippen molar-refractivity contribution in [3.05, 3.63) is 153 Å². The summed E-state index contributed by atoms with van der Waals surface area (Å²) in [5.74, 6) is -0.138. The SMILES string of the molecule is Cc1ccc(-c2ccc(C=C(NC(=O)c3ccccc3)C(=O)Nc3ccc(SCC(=O)Nc4nc(-c5ccc([N+](=O)[O-])cc5)cs4)cc3)o2)cc1. The van der Waals surface area contributed by atoms with Gasteiger partial charge in [-0.15, -0.1) is 23.1 Å². The smallest absolute Gasteiger partial charge is 0.272 e. The van der Waals surface area contributed by atoms with Crippen LogP contribution < -0.4 is 16.0 Å². The lowest BCUT2D eigenvalue weighted by Gasteiger charge is -2.11. The number of nitro benzene ring substituents is 1. The highest BCUT2D eigenvalue weighted by Crippen LogP contribution is 2.28. The van der Waals surface area contributed by atoms with Crippen LogP contribution in [-0.4, -0.2) is 33.4 Å². The number of nitro groups is 1. The maximum atomic E-state index is 13.5. The van der Waals surface area contributed by atoms with Crippen LogP contribution in [0, 0.1) is 17.0 Å². The predicted molar refractivity (Wildman–Crippen MR) is 199 cm³/mol. The minimum Gasteiger partial charge on any atom is -0.457 e. The third-order valence-electron chi connectivity index (χ3n) is 7.38. The van der Waals surface area contributed by atoms with Crippen molar-refractivity contribution >= 4 is 63.4 Å². The Morgan fingerprint density at radius 2 is 1.57 bits per heavy atom. The van der Waals surface area contributed by atoms with Crippen molar-refractivity contribution in [3.8, 4) is 22.6 Å². The molecule has 0 bridgehead atoms. The third kappa shape index (κ3) is 9.23. The molecule has 2 aromatic heterocycles. The molecule has 0 atom stereocenters. The first-order valence-corrected chi connectivity index (χ1v) is 17.4. The van der Waals surface area contributed by atoms with E-state index in [0.29, 0.717) is 39.2 Å². The van der Waals surface area contributed by atoms with Crippen molar-refractivity contribution in [1.29, 1.82) is 0 Å². The maximum Gasteiger partial charge on any atom is 0.272 e. The average molecular weight is 716 g/mol. The Morgan fingerprint density at radius 3 is 2.27 bits per heavy atom. The Balaban J connectivity index is 1.07. The second kappa shape index (κ2) is 15.9. The molecule has 0 unspecified atom stereocenters. The number of aromatic nitrogens is 1. The molecule has 0 saturated heterocycles.